The van der Waals surface area contributed by atoms with Gasteiger partial charge in [0, 0.05) is 6.92 Å². The van der Waals surface area contributed by atoms with Gasteiger partial charge in [-0.1, -0.05) is 5.10 Å². The van der Waals surface area contributed by atoms with E-state index < -0.39 is 0 Å². The van der Waals surface area contributed by atoms with Crippen LogP contribution in [0.4, 0.5) is 6.01 Å². The van der Waals surface area contributed by atoms with Crippen LogP contribution in [-0.2, 0) is 0 Å². The van der Waals surface area contributed by atoms with Crippen LogP contribution < -0.4 is 5.73 Å². The highest BCUT2D eigenvalue weighted by Crippen LogP contribution is 1.99. The summed E-state index contributed by atoms with van der Waals surface area (Å²) in [5.74, 6) is -0.327. The van der Waals surface area contributed by atoms with Crippen LogP contribution >= 0.6 is 0 Å². The van der Waals surface area contributed by atoms with Gasteiger partial charge in [-0.3, -0.25) is 4.79 Å². The Balaban J connectivity index is 2.98. The summed E-state index contributed by atoms with van der Waals surface area (Å²) in [5.41, 5.74) is 5.02. The molecule has 0 radical (unpaired) electrons. The fourth-order valence-corrected chi connectivity index (χ4v) is 0.377. The zero-order valence-electron chi connectivity index (χ0n) is 4.79. The molecule has 1 aromatic rings. The maximum atomic E-state index is 10.4. The molecule has 1 heterocycles. The van der Waals surface area contributed by atoms with Gasteiger partial charge in [-0.05, 0) is 0 Å². The van der Waals surface area contributed by atoms with Crippen LogP contribution in [0.1, 0.15) is 17.6 Å². The zero-order chi connectivity index (χ0) is 6.85. The molecule has 2 N–H and O–H groups in total. The van der Waals surface area contributed by atoms with Gasteiger partial charge in [-0.25, -0.2) is 0 Å². The standard InChI is InChI=1S/C4H5N3O2/c1-2(8)3-6-7-4(5)9-3/h1H3,(H2,5,7). The number of hydrogen-bond donors (Lipinski definition) is 1. The highest BCUT2D eigenvalue weighted by molar-refractivity contribution is 5.89. The Morgan fingerprint density at radius 2 is 2.33 bits per heavy atom. The molecule has 5 nitrogen and oxygen atoms in total. The molecule has 0 spiro atoms. The van der Waals surface area contributed by atoms with Gasteiger partial charge in [0.15, 0.2) is 0 Å². The second-order valence-corrected chi connectivity index (χ2v) is 1.50. The molecule has 1 rings (SSSR count). The van der Waals surface area contributed by atoms with Crippen molar-refractivity contribution in [1.82, 2.24) is 10.2 Å². The summed E-state index contributed by atoms with van der Waals surface area (Å²) >= 11 is 0. The topological polar surface area (TPSA) is 82.0 Å². The van der Waals surface area contributed by atoms with Crippen LogP contribution in [0, 0.1) is 0 Å². The molecule has 0 saturated heterocycles. The molecular weight excluding hydrogens is 122 g/mol. The Kier molecular flexibility index (Phi) is 1.18. The fourth-order valence-electron chi connectivity index (χ4n) is 0.377. The van der Waals surface area contributed by atoms with Crippen LogP contribution in [0.3, 0.4) is 0 Å². The van der Waals surface area contributed by atoms with Crippen LogP contribution in [0.5, 0.6) is 0 Å². The minimum atomic E-state index is -0.279. The molecule has 0 atom stereocenters. The highest BCUT2D eigenvalue weighted by atomic mass is 16.4. The molecule has 48 valence electrons. The van der Waals surface area contributed by atoms with Crippen molar-refractivity contribution in [3.63, 3.8) is 0 Å². The lowest BCUT2D eigenvalue weighted by Gasteiger charge is -1.77. The third kappa shape index (κ3) is 1.04. The Labute approximate surface area is 50.9 Å². The Bertz CT molecular complexity index is 229. The molecule has 1 aromatic heterocycles. The number of nitrogens with zero attached hydrogens (tertiary/aromatic N) is 2. The van der Waals surface area contributed by atoms with E-state index in [0.29, 0.717) is 0 Å². The lowest BCUT2D eigenvalue weighted by atomic mass is 10.5. The molecule has 0 aliphatic carbocycles. The lowest BCUT2D eigenvalue weighted by Crippen LogP contribution is -1.90. The number of hydrogen-bond acceptors (Lipinski definition) is 5. The van der Waals surface area contributed by atoms with E-state index in [1.165, 1.54) is 6.92 Å². The van der Waals surface area contributed by atoms with Crippen molar-refractivity contribution in [2.75, 3.05) is 5.73 Å². The van der Waals surface area contributed by atoms with Crippen molar-refractivity contribution < 1.29 is 9.21 Å². The van der Waals surface area contributed by atoms with Gasteiger partial charge in [-0.15, -0.1) is 5.10 Å². The third-order valence-corrected chi connectivity index (χ3v) is 0.742. The van der Waals surface area contributed by atoms with Crippen molar-refractivity contribution in [1.29, 1.82) is 0 Å². The number of anilines is 1. The Morgan fingerprint density at radius 3 is 2.56 bits per heavy atom. The molecule has 0 unspecified atom stereocenters. The second-order valence-electron chi connectivity index (χ2n) is 1.50. The van der Waals surface area contributed by atoms with Gasteiger partial charge >= 0.3 is 6.01 Å². The number of rotatable bonds is 1. The van der Waals surface area contributed by atoms with E-state index in [2.05, 4.69) is 14.6 Å². The summed E-state index contributed by atoms with van der Waals surface area (Å²) in [6, 6.07) is -0.0831. The van der Waals surface area contributed by atoms with Gasteiger partial charge in [0.25, 0.3) is 5.89 Å². The largest absolute Gasteiger partial charge is 0.400 e. The quantitative estimate of drug-likeness (QED) is 0.530. The highest BCUT2D eigenvalue weighted by Gasteiger charge is 2.05. The summed E-state index contributed by atoms with van der Waals surface area (Å²) in [4.78, 5) is 10.4. The predicted molar refractivity (Wildman–Crippen MR) is 28.7 cm³/mol. The monoisotopic (exact) mass is 127 g/mol. The van der Waals surface area contributed by atoms with E-state index in [-0.39, 0.29) is 17.7 Å². The van der Waals surface area contributed by atoms with Crippen molar-refractivity contribution in [2.45, 2.75) is 6.92 Å². The van der Waals surface area contributed by atoms with E-state index in [4.69, 9.17) is 5.73 Å². The lowest BCUT2D eigenvalue weighted by molar-refractivity contribution is 0.0981. The van der Waals surface area contributed by atoms with E-state index >= 15 is 0 Å². The third-order valence-electron chi connectivity index (χ3n) is 0.742. The van der Waals surface area contributed by atoms with Crippen LogP contribution in [0.2, 0.25) is 0 Å². The summed E-state index contributed by atoms with van der Waals surface area (Å²) < 4.78 is 4.55. The molecule has 0 bridgehead atoms. The van der Waals surface area contributed by atoms with E-state index in [1.54, 1.807) is 0 Å². The SMILES string of the molecule is CC(=O)c1nnc(N)o1. The van der Waals surface area contributed by atoms with E-state index in [9.17, 15) is 4.79 Å². The summed E-state index contributed by atoms with van der Waals surface area (Å²) in [6.07, 6.45) is 0. The van der Waals surface area contributed by atoms with Gasteiger partial charge in [0.1, 0.15) is 0 Å². The number of aromatic nitrogens is 2. The predicted octanol–water partition coefficient (Wildman–Crippen LogP) is -0.146. The fraction of sp³-hybridized carbons (Fsp3) is 0.250. The van der Waals surface area contributed by atoms with E-state index in [0.717, 1.165) is 0 Å². The average molecular weight is 127 g/mol. The molecule has 9 heavy (non-hydrogen) atoms. The smallest absolute Gasteiger partial charge is 0.313 e. The minimum Gasteiger partial charge on any atom is -0.400 e. The number of nitrogens with two attached hydrogens (primary N) is 1. The van der Waals surface area contributed by atoms with Crippen LogP contribution in [0.15, 0.2) is 4.42 Å². The molecule has 0 amide bonds. The molecular formula is C4H5N3O2. The first-order chi connectivity index (χ1) is 4.20. The van der Waals surface area contributed by atoms with Gasteiger partial charge < -0.3 is 10.2 Å². The van der Waals surface area contributed by atoms with Gasteiger partial charge in [0.2, 0.25) is 5.78 Å². The van der Waals surface area contributed by atoms with Crippen molar-refractivity contribution in [2.24, 2.45) is 0 Å². The molecule has 0 aromatic carbocycles. The maximum absolute atomic E-state index is 10.4. The number of carbonyl (C=O) groups excluding carboxylic acids is 1. The van der Waals surface area contributed by atoms with Gasteiger partial charge in [0.05, 0.1) is 0 Å². The Hall–Kier alpha value is -1.39. The van der Waals surface area contributed by atoms with Crippen molar-refractivity contribution in [3.05, 3.63) is 5.89 Å². The molecule has 0 saturated carbocycles. The zero-order valence-corrected chi connectivity index (χ0v) is 4.79. The summed E-state index contributed by atoms with van der Waals surface area (Å²) in [7, 11) is 0. The molecule has 0 aliphatic heterocycles. The van der Waals surface area contributed by atoms with E-state index in [1.807, 2.05) is 0 Å². The second kappa shape index (κ2) is 1.85. The molecule has 5 heteroatoms. The average Bonchev–Trinajstić information content (AvgIpc) is 2.14. The molecule has 0 fully saturated rings. The number of Topliss-reactive ketones (excluding diaryl/α,β-unsaturated/α-hetero) is 1. The first-order valence-electron chi connectivity index (χ1n) is 2.30. The first kappa shape index (κ1) is 5.74. The van der Waals surface area contributed by atoms with Crippen molar-refractivity contribution in [3.8, 4) is 0 Å². The normalized spacial score (nSPS) is 9.44. The number of ketones is 1. The summed E-state index contributed by atoms with van der Waals surface area (Å²) in [5, 5.41) is 6.60. The van der Waals surface area contributed by atoms with Gasteiger partial charge in [-0.2, -0.15) is 0 Å². The van der Waals surface area contributed by atoms with Crippen LogP contribution in [0.25, 0.3) is 0 Å². The number of carbonyl (C=O) groups is 1. The Morgan fingerprint density at radius 1 is 1.67 bits per heavy atom. The minimum absolute atomic E-state index is 0.0486. The number of nitrogen functional groups attached to an aromatic ring is 1. The van der Waals surface area contributed by atoms with Crippen LogP contribution in [-0.4, -0.2) is 16.0 Å². The summed E-state index contributed by atoms with van der Waals surface area (Å²) in [6.45, 7) is 1.33. The van der Waals surface area contributed by atoms with Crippen molar-refractivity contribution >= 4 is 11.8 Å². The first-order valence-corrected chi connectivity index (χ1v) is 2.30. The maximum Gasteiger partial charge on any atom is 0.313 e. The molecule has 0 aliphatic rings.